The van der Waals surface area contributed by atoms with Crippen LogP contribution in [0.4, 0.5) is 11.4 Å². The summed E-state index contributed by atoms with van der Waals surface area (Å²) in [6.07, 6.45) is 0. The van der Waals surface area contributed by atoms with Crippen molar-refractivity contribution in [3.05, 3.63) is 235 Å². The van der Waals surface area contributed by atoms with E-state index in [1.54, 1.807) is 0 Å². The molecule has 0 aliphatic heterocycles. The van der Waals surface area contributed by atoms with Gasteiger partial charge in [0.2, 0.25) is 0 Å². The van der Waals surface area contributed by atoms with Gasteiger partial charge in [0, 0.05) is 11.4 Å². The summed E-state index contributed by atoms with van der Waals surface area (Å²) in [5.41, 5.74) is 33.0. The van der Waals surface area contributed by atoms with Gasteiger partial charge < -0.3 is 11.5 Å². The molecule has 4 N–H and O–H groups in total. The Kier molecular flexibility index (Phi) is 12.5. The molecule has 2 nitrogen and oxygen atoms in total. The summed E-state index contributed by atoms with van der Waals surface area (Å²) < 4.78 is 0. The van der Waals surface area contributed by atoms with Crippen molar-refractivity contribution < 1.29 is 0 Å². The Balaban J connectivity index is 1.61. The van der Waals surface area contributed by atoms with Crippen molar-refractivity contribution in [3.8, 4) is 0 Å². The van der Waals surface area contributed by atoms with E-state index in [1.165, 1.54) is 66.8 Å². The minimum atomic E-state index is -0.686. The maximum atomic E-state index is 6.77. The monoisotopic (exact) mass is 873 g/mol. The number of nitrogen functional groups attached to an aromatic ring is 2. The van der Waals surface area contributed by atoms with E-state index >= 15 is 0 Å². The van der Waals surface area contributed by atoms with Gasteiger partial charge in [-0.05, 0) is 138 Å². The second-order valence-electron chi connectivity index (χ2n) is 23.4. The molecule has 0 fully saturated rings. The van der Waals surface area contributed by atoms with E-state index in [2.05, 4.69) is 256 Å². The van der Waals surface area contributed by atoms with Gasteiger partial charge in [-0.2, -0.15) is 0 Å². The Labute approximate surface area is 398 Å². The maximum absolute atomic E-state index is 6.77. The smallest absolute Gasteiger partial charge is 0.0701 e. The van der Waals surface area contributed by atoms with Crippen LogP contribution in [-0.4, -0.2) is 0 Å². The Morgan fingerprint density at radius 2 is 0.364 bits per heavy atom. The molecule has 0 radical (unpaired) electrons. The van der Waals surface area contributed by atoms with Crippen LogP contribution in [0.5, 0.6) is 0 Å². The summed E-state index contributed by atoms with van der Waals surface area (Å²) in [5.74, 6) is 0. The number of hydrogen-bond acceptors (Lipinski definition) is 2. The molecule has 66 heavy (non-hydrogen) atoms. The summed E-state index contributed by atoms with van der Waals surface area (Å²) in [7, 11) is 0. The molecule has 0 unspecified atom stereocenters. The van der Waals surface area contributed by atoms with Crippen LogP contribution < -0.4 is 11.5 Å². The lowest BCUT2D eigenvalue weighted by Gasteiger charge is -2.40. The lowest BCUT2D eigenvalue weighted by molar-refractivity contribution is 0.587. The van der Waals surface area contributed by atoms with E-state index in [0.29, 0.717) is 0 Å². The van der Waals surface area contributed by atoms with E-state index in [-0.39, 0.29) is 21.7 Å². The minimum Gasteiger partial charge on any atom is -0.398 e. The number of rotatable bonds is 8. The molecule has 0 saturated carbocycles. The molecule has 7 aromatic rings. The van der Waals surface area contributed by atoms with Crippen LogP contribution in [0.3, 0.4) is 0 Å². The first kappa shape index (κ1) is 48.1. The number of benzene rings is 7. The summed E-state index contributed by atoms with van der Waals surface area (Å²) in [5, 5.41) is 0. The molecule has 7 rings (SSSR count). The number of aryl methyl sites for hydroxylation is 4. The Morgan fingerprint density at radius 3 is 0.500 bits per heavy atom. The number of nitrogens with two attached hydrogens (primary N) is 2. The van der Waals surface area contributed by atoms with Crippen molar-refractivity contribution in [2.75, 3.05) is 11.5 Å². The average Bonchev–Trinajstić information content (AvgIpc) is 3.25. The lowest BCUT2D eigenvalue weighted by atomic mass is 9.62. The van der Waals surface area contributed by atoms with Gasteiger partial charge in [-0.1, -0.05) is 229 Å². The van der Waals surface area contributed by atoms with Gasteiger partial charge in [0.05, 0.1) is 10.8 Å². The highest BCUT2D eigenvalue weighted by molar-refractivity contribution is 5.68. The Hall–Kier alpha value is -5.86. The largest absolute Gasteiger partial charge is 0.398 e. The van der Waals surface area contributed by atoms with Crippen molar-refractivity contribution in [1.82, 2.24) is 0 Å². The van der Waals surface area contributed by atoms with Crippen LogP contribution in [0.25, 0.3) is 0 Å². The fourth-order valence-corrected chi connectivity index (χ4v) is 10.2. The second-order valence-corrected chi connectivity index (χ2v) is 23.4. The lowest BCUT2D eigenvalue weighted by Crippen LogP contribution is -2.33. The van der Waals surface area contributed by atoms with Crippen LogP contribution in [-0.2, 0) is 32.5 Å². The molecule has 342 valence electrons. The first-order chi connectivity index (χ1) is 30.7. The first-order valence-electron chi connectivity index (χ1n) is 24.0. The first-order valence-corrected chi connectivity index (χ1v) is 24.0. The average molecular weight is 873 g/mol. The van der Waals surface area contributed by atoms with Crippen LogP contribution in [0, 0.1) is 27.7 Å². The molecule has 2 heteroatoms. The van der Waals surface area contributed by atoms with Crippen molar-refractivity contribution >= 4 is 11.4 Å². The standard InChI is InChI=1S/C64H76N2/c1-41-37-55(38-42(2)57(41)65)63(49-25-17-45(18-26-49)59(5,6)7,50-27-19-46(20-28-50)60(8,9)10)53-33-35-54(36-34-53)64(56-39-43(3)58(66)44(4)40-56,51-29-21-47(22-30-51)61(11,12)13)52-31-23-48(24-32-52)62(14,15)16/h17-40H,65-66H2,1-16H3. The van der Waals surface area contributed by atoms with E-state index in [4.69, 9.17) is 11.5 Å². The van der Waals surface area contributed by atoms with Crippen molar-refractivity contribution in [3.63, 3.8) is 0 Å². The molecule has 0 bridgehead atoms. The Morgan fingerprint density at radius 1 is 0.227 bits per heavy atom. The van der Waals surface area contributed by atoms with E-state index < -0.39 is 10.8 Å². The zero-order chi connectivity index (χ0) is 48.4. The third-order valence-corrected chi connectivity index (χ3v) is 14.5. The molecular formula is C64H76N2. The van der Waals surface area contributed by atoms with Crippen LogP contribution >= 0.6 is 0 Å². The molecule has 0 aromatic heterocycles. The van der Waals surface area contributed by atoms with Crippen LogP contribution in [0.15, 0.2) is 146 Å². The fraction of sp³-hybridized carbons (Fsp3) is 0.344. The predicted octanol–water partition coefficient (Wildman–Crippen LogP) is 16.0. The molecule has 0 atom stereocenters. The van der Waals surface area contributed by atoms with Crippen LogP contribution in [0.2, 0.25) is 0 Å². The minimum absolute atomic E-state index is 0.00385. The summed E-state index contributed by atoms with van der Waals surface area (Å²) in [4.78, 5) is 0. The zero-order valence-electron chi connectivity index (χ0n) is 43.0. The SMILES string of the molecule is Cc1cc(C(c2ccc(C(C)(C)C)cc2)(c2ccc(C(C)(C)C)cc2)c2ccc(C(c3ccc(C(C)(C)C)cc3)(c3ccc(C(C)(C)C)cc3)c3cc(C)c(N)c(C)c3)cc2)cc(C)c1N. The van der Waals surface area contributed by atoms with Gasteiger partial charge in [0.1, 0.15) is 0 Å². The summed E-state index contributed by atoms with van der Waals surface area (Å²) in [6.45, 7) is 36.0. The quantitative estimate of drug-likeness (QED) is 0.118. The van der Waals surface area contributed by atoms with Gasteiger partial charge >= 0.3 is 0 Å². The third-order valence-electron chi connectivity index (χ3n) is 14.5. The second kappa shape index (κ2) is 17.1. The highest BCUT2D eigenvalue weighted by Gasteiger charge is 2.43. The van der Waals surface area contributed by atoms with Crippen LogP contribution in [0.1, 0.15) is 172 Å². The molecule has 0 aliphatic carbocycles. The molecule has 0 saturated heterocycles. The summed E-state index contributed by atoms with van der Waals surface area (Å²) in [6, 6.07) is 56.5. The molecular weight excluding hydrogens is 797 g/mol. The molecule has 0 aliphatic rings. The van der Waals surface area contributed by atoms with E-state index in [0.717, 1.165) is 33.6 Å². The van der Waals surface area contributed by atoms with Gasteiger partial charge in [0.25, 0.3) is 0 Å². The fourth-order valence-electron chi connectivity index (χ4n) is 10.2. The molecule has 0 spiro atoms. The molecule has 7 aromatic carbocycles. The Bertz CT molecular complexity index is 2470. The van der Waals surface area contributed by atoms with Gasteiger partial charge in [-0.15, -0.1) is 0 Å². The van der Waals surface area contributed by atoms with Gasteiger partial charge in [0.15, 0.2) is 0 Å². The predicted molar refractivity (Wildman–Crippen MR) is 286 cm³/mol. The van der Waals surface area contributed by atoms with Gasteiger partial charge in [-0.25, -0.2) is 0 Å². The summed E-state index contributed by atoms with van der Waals surface area (Å²) >= 11 is 0. The van der Waals surface area contributed by atoms with Crippen molar-refractivity contribution in [2.45, 2.75) is 143 Å². The number of anilines is 2. The van der Waals surface area contributed by atoms with E-state index in [9.17, 15) is 0 Å². The topological polar surface area (TPSA) is 52.0 Å². The zero-order valence-corrected chi connectivity index (χ0v) is 43.0. The molecule has 0 heterocycles. The maximum Gasteiger partial charge on any atom is 0.0701 e. The number of hydrogen-bond donors (Lipinski definition) is 2. The molecule has 0 amide bonds. The van der Waals surface area contributed by atoms with Crippen molar-refractivity contribution in [1.29, 1.82) is 0 Å². The third kappa shape index (κ3) is 8.65. The highest BCUT2D eigenvalue weighted by atomic mass is 14.6. The highest BCUT2D eigenvalue weighted by Crippen LogP contribution is 2.51. The normalized spacial score (nSPS) is 13.0. The van der Waals surface area contributed by atoms with Crippen molar-refractivity contribution in [2.24, 2.45) is 0 Å². The van der Waals surface area contributed by atoms with Gasteiger partial charge in [-0.3, -0.25) is 0 Å². The van der Waals surface area contributed by atoms with E-state index in [1.807, 2.05) is 0 Å².